The number of hydrogen-bond donors (Lipinski definition) is 11. The maximum Gasteiger partial charge on any atom is 0.252 e. The summed E-state index contributed by atoms with van der Waals surface area (Å²) in [5, 5.41) is 89.9. The Morgan fingerprint density at radius 1 is 0.720 bits per heavy atom. The number of rotatable bonds is 2. The molecular weight excluding hydrogens is 350 g/mol. The first-order valence-electron chi connectivity index (χ1n) is 7.30. The first-order valence-corrected chi connectivity index (χ1v) is 7.30. The summed E-state index contributed by atoms with van der Waals surface area (Å²) in [6, 6.07) is 0. The number of hydrogen-bond acceptors (Lipinski definition) is 13. The molecule has 0 radical (unpaired) electrons. The van der Waals surface area contributed by atoms with Crippen molar-refractivity contribution in [3.8, 4) is 0 Å². The van der Waals surface area contributed by atoms with Gasteiger partial charge in [-0.3, -0.25) is 5.73 Å². The summed E-state index contributed by atoms with van der Waals surface area (Å²) < 4.78 is 9.12. The Labute approximate surface area is 141 Å². The van der Waals surface area contributed by atoms with E-state index in [0.717, 1.165) is 0 Å². The minimum atomic E-state index is -2.45. The van der Waals surface area contributed by atoms with Gasteiger partial charge in [-0.25, -0.2) is 0 Å². The van der Waals surface area contributed by atoms with E-state index in [-0.39, 0.29) is 0 Å². The monoisotopic (exact) mass is 375 g/mol. The van der Waals surface area contributed by atoms with Crippen molar-refractivity contribution in [2.75, 3.05) is 13.2 Å². The lowest BCUT2D eigenvalue weighted by Gasteiger charge is -2.42. The van der Waals surface area contributed by atoms with Gasteiger partial charge in [0.1, 0.15) is 42.7 Å². The van der Waals surface area contributed by atoms with Crippen LogP contribution in [-0.2, 0) is 9.47 Å². The van der Waals surface area contributed by atoms with Gasteiger partial charge in [0.15, 0.2) is 12.4 Å². The molecule has 10 atom stereocenters. The molecule has 2 aliphatic rings. The van der Waals surface area contributed by atoms with Crippen LogP contribution in [0.5, 0.6) is 0 Å². The van der Waals surface area contributed by atoms with E-state index in [1.54, 1.807) is 0 Å². The maximum atomic E-state index is 9.18. The van der Waals surface area contributed by atoms with Crippen LogP contribution >= 0.6 is 0 Å². The fraction of sp³-hybridized carbons (Fsp3) is 1.00. The van der Waals surface area contributed by atoms with E-state index < -0.39 is 74.2 Å². The van der Waals surface area contributed by atoms with Crippen molar-refractivity contribution >= 4 is 0 Å². The minimum Gasteiger partial charge on any atom is -0.394 e. The SMILES string of the molecule is NC1(O)OC(CO)C(O)C(O)C1O.OCC1OC(O)C(O)C(O)C1O. The Hall–Kier alpha value is -0.520. The highest BCUT2D eigenvalue weighted by atomic mass is 16.7. The smallest absolute Gasteiger partial charge is 0.252 e. The van der Waals surface area contributed by atoms with Gasteiger partial charge in [-0.2, -0.15) is 0 Å². The molecule has 0 bridgehead atoms. The highest BCUT2D eigenvalue weighted by molar-refractivity contribution is 4.93. The van der Waals surface area contributed by atoms with Gasteiger partial charge in [0.25, 0.3) is 5.91 Å². The zero-order chi connectivity index (χ0) is 19.5. The van der Waals surface area contributed by atoms with Gasteiger partial charge < -0.3 is 60.5 Å². The van der Waals surface area contributed by atoms with Gasteiger partial charge in [-0.05, 0) is 0 Å². The summed E-state index contributed by atoms with van der Waals surface area (Å²) in [5.74, 6) is -2.45. The molecular formula is C12H25NO12. The van der Waals surface area contributed by atoms with Gasteiger partial charge in [0.2, 0.25) is 0 Å². The van der Waals surface area contributed by atoms with Crippen molar-refractivity contribution in [3.05, 3.63) is 0 Å². The molecule has 150 valence electrons. The summed E-state index contributed by atoms with van der Waals surface area (Å²) in [7, 11) is 0. The van der Waals surface area contributed by atoms with Crippen LogP contribution in [0.2, 0.25) is 0 Å². The molecule has 12 N–H and O–H groups in total. The molecule has 25 heavy (non-hydrogen) atoms. The van der Waals surface area contributed by atoms with Crippen LogP contribution in [0.1, 0.15) is 0 Å². The Morgan fingerprint density at radius 2 is 1.20 bits per heavy atom. The predicted molar refractivity (Wildman–Crippen MR) is 75.1 cm³/mol. The molecule has 2 fully saturated rings. The highest BCUT2D eigenvalue weighted by Gasteiger charge is 2.50. The lowest BCUT2D eigenvalue weighted by molar-refractivity contribution is -0.346. The molecule has 0 aromatic carbocycles. The molecule has 0 spiro atoms. The van der Waals surface area contributed by atoms with E-state index in [9.17, 15) is 5.11 Å². The molecule has 0 aromatic rings. The summed E-state index contributed by atoms with van der Waals surface area (Å²) in [4.78, 5) is 0. The first kappa shape index (κ1) is 22.5. The van der Waals surface area contributed by atoms with E-state index in [0.29, 0.717) is 0 Å². The summed E-state index contributed by atoms with van der Waals surface area (Å²) in [6.07, 6.45) is -13.2. The lowest BCUT2D eigenvalue weighted by Crippen LogP contribution is -2.69. The average Bonchev–Trinajstić information content (AvgIpc) is 2.58. The molecule has 0 aliphatic carbocycles. The molecule has 2 heterocycles. The predicted octanol–water partition coefficient (Wildman–Crippen LogP) is -7.16. The average molecular weight is 375 g/mol. The second-order valence-electron chi connectivity index (χ2n) is 5.74. The Kier molecular flexibility index (Phi) is 8.03. The molecule has 13 nitrogen and oxygen atoms in total. The fourth-order valence-electron chi connectivity index (χ4n) is 2.26. The van der Waals surface area contributed by atoms with Gasteiger partial charge in [0, 0.05) is 0 Å². The van der Waals surface area contributed by atoms with E-state index in [1.165, 1.54) is 0 Å². The largest absolute Gasteiger partial charge is 0.394 e. The van der Waals surface area contributed by atoms with Crippen molar-refractivity contribution in [3.63, 3.8) is 0 Å². The van der Waals surface area contributed by atoms with Crippen molar-refractivity contribution in [2.24, 2.45) is 5.73 Å². The third-order valence-electron chi connectivity index (χ3n) is 3.87. The molecule has 2 rings (SSSR count). The fourth-order valence-corrected chi connectivity index (χ4v) is 2.26. The van der Waals surface area contributed by atoms with Gasteiger partial charge in [-0.15, -0.1) is 0 Å². The molecule has 0 aromatic heterocycles. The maximum absolute atomic E-state index is 9.18. The minimum absolute atomic E-state index is 0.526. The molecule has 0 amide bonds. The zero-order valence-corrected chi connectivity index (χ0v) is 13.0. The van der Waals surface area contributed by atoms with E-state index in [1.807, 2.05) is 0 Å². The van der Waals surface area contributed by atoms with Crippen LogP contribution in [0.3, 0.4) is 0 Å². The van der Waals surface area contributed by atoms with E-state index in [4.69, 9.17) is 51.7 Å². The van der Waals surface area contributed by atoms with Gasteiger partial charge in [-0.1, -0.05) is 0 Å². The number of nitrogens with two attached hydrogens (primary N) is 1. The summed E-state index contributed by atoms with van der Waals surface area (Å²) >= 11 is 0. The molecule has 0 saturated carbocycles. The van der Waals surface area contributed by atoms with Crippen LogP contribution in [0.25, 0.3) is 0 Å². The quantitative estimate of drug-likeness (QED) is 0.201. The van der Waals surface area contributed by atoms with Crippen molar-refractivity contribution in [1.82, 2.24) is 0 Å². The lowest BCUT2D eigenvalue weighted by atomic mass is 9.97. The molecule has 2 saturated heterocycles. The first-order chi connectivity index (χ1) is 11.5. The van der Waals surface area contributed by atoms with Crippen molar-refractivity contribution in [2.45, 2.75) is 61.0 Å². The Bertz CT molecular complexity index is 405. The Morgan fingerprint density at radius 3 is 1.68 bits per heavy atom. The summed E-state index contributed by atoms with van der Waals surface area (Å²) in [5.41, 5.74) is 5.04. The van der Waals surface area contributed by atoms with Crippen molar-refractivity contribution < 1.29 is 60.5 Å². The second kappa shape index (κ2) is 8.92. The molecule has 2 aliphatic heterocycles. The van der Waals surface area contributed by atoms with Crippen LogP contribution in [-0.4, -0.2) is 125 Å². The van der Waals surface area contributed by atoms with Gasteiger partial charge >= 0.3 is 0 Å². The Balaban J connectivity index is 0.000000251. The van der Waals surface area contributed by atoms with Crippen molar-refractivity contribution in [1.29, 1.82) is 0 Å². The van der Waals surface area contributed by atoms with Crippen LogP contribution in [0, 0.1) is 0 Å². The second-order valence-corrected chi connectivity index (χ2v) is 5.74. The highest BCUT2D eigenvalue weighted by Crippen LogP contribution is 2.24. The van der Waals surface area contributed by atoms with Crippen LogP contribution in [0.4, 0.5) is 0 Å². The third kappa shape index (κ3) is 5.01. The number of aliphatic hydroxyl groups excluding tert-OH is 9. The van der Waals surface area contributed by atoms with E-state index >= 15 is 0 Å². The van der Waals surface area contributed by atoms with Crippen LogP contribution in [0.15, 0.2) is 0 Å². The summed E-state index contributed by atoms with van der Waals surface area (Å²) in [6.45, 7) is -1.15. The van der Waals surface area contributed by atoms with Crippen LogP contribution < -0.4 is 5.73 Å². The van der Waals surface area contributed by atoms with Gasteiger partial charge in [0.05, 0.1) is 13.2 Å². The normalized spacial score (nSPS) is 50.8. The molecule has 13 heteroatoms. The molecule has 10 unspecified atom stereocenters. The standard InChI is InChI=1S/C6H13NO6.C6H12O6/c7-6(12)5(11)4(10)3(9)2(1-8)13-6;7-1-2-3(8)4(9)5(10)6(11)12-2/h2-5,8-12H,1,7H2;2-11H,1H2. The third-order valence-corrected chi connectivity index (χ3v) is 3.87. The number of ether oxygens (including phenoxy) is 2. The van der Waals surface area contributed by atoms with E-state index in [2.05, 4.69) is 9.47 Å². The number of aliphatic hydroxyl groups is 10. The topological polar surface area (TPSA) is 247 Å². The zero-order valence-electron chi connectivity index (χ0n) is 13.0.